The van der Waals surface area contributed by atoms with Crippen molar-refractivity contribution in [3.8, 4) is 0 Å². The molecule has 0 unspecified atom stereocenters. The van der Waals surface area contributed by atoms with E-state index in [-0.39, 0.29) is 22.3 Å². The molecular weight excluding hydrogens is 326 g/mol. The first-order chi connectivity index (χ1) is 12.1. The SMILES string of the molecule is C=C(/C=C\C(=C)C(=C)/C(F)=C(/F)C(=C)C(=C)/C=C\C(=C)CC)CC.CC. The van der Waals surface area contributed by atoms with E-state index >= 15 is 0 Å². The molecule has 0 aromatic carbocycles. The maximum Gasteiger partial charge on any atom is 0.166 e. The van der Waals surface area contributed by atoms with Gasteiger partial charge in [-0.3, -0.25) is 0 Å². The highest BCUT2D eigenvalue weighted by Gasteiger charge is 2.15. The molecule has 0 saturated carbocycles. The van der Waals surface area contributed by atoms with Gasteiger partial charge >= 0.3 is 0 Å². The highest BCUT2D eigenvalue weighted by atomic mass is 19.2. The average Bonchev–Trinajstić information content (AvgIpc) is 2.68. The molecule has 0 aromatic heterocycles. The summed E-state index contributed by atoms with van der Waals surface area (Å²) < 4.78 is 28.5. The molecule has 0 saturated heterocycles. The van der Waals surface area contributed by atoms with E-state index in [0.29, 0.717) is 0 Å². The maximum absolute atomic E-state index is 14.3. The first-order valence-electron chi connectivity index (χ1n) is 8.69. The molecule has 26 heavy (non-hydrogen) atoms. The fraction of sp³-hybridized carbons (Fsp3) is 0.250. The number of hydrogen-bond donors (Lipinski definition) is 0. The van der Waals surface area contributed by atoms with Crippen LogP contribution >= 0.6 is 0 Å². The van der Waals surface area contributed by atoms with Crippen molar-refractivity contribution in [2.24, 2.45) is 0 Å². The first-order valence-corrected chi connectivity index (χ1v) is 8.69. The summed E-state index contributed by atoms with van der Waals surface area (Å²) in [6.45, 7) is 30.0. The van der Waals surface area contributed by atoms with E-state index < -0.39 is 11.7 Å². The molecule has 2 heteroatoms. The second-order valence-electron chi connectivity index (χ2n) is 5.33. The van der Waals surface area contributed by atoms with Gasteiger partial charge in [-0.05, 0) is 24.0 Å². The monoisotopic (exact) mass is 358 g/mol. The third-order valence-corrected chi connectivity index (χ3v) is 3.45. The van der Waals surface area contributed by atoms with Crippen LogP contribution in [0.3, 0.4) is 0 Å². The molecule has 0 aliphatic rings. The molecule has 0 aliphatic heterocycles. The summed E-state index contributed by atoms with van der Waals surface area (Å²) in [5, 5.41) is 0. The lowest BCUT2D eigenvalue weighted by Crippen LogP contribution is -1.93. The van der Waals surface area contributed by atoms with Crippen molar-refractivity contribution in [3.05, 3.63) is 109 Å². The lowest BCUT2D eigenvalue weighted by molar-refractivity contribution is 0.560. The molecule has 0 amide bonds. The minimum absolute atomic E-state index is 0.136. The predicted octanol–water partition coefficient (Wildman–Crippen LogP) is 8.43. The van der Waals surface area contributed by atoms with Gasteiger partial charge in [0, 0.05) is 11.1 Å². The van der Waals surface area contributed by atoms with Gasteiger partial charge in [0.25, 0.3) is 0 Å². The van der Waals surface area contributed by atoms with Crippen molar-refractivity contribution in [1.29, 1.82) is 0 Å². The fourth-order valence-electron chi connectivity index (χ4n) is 1.42. The lowest BCUT2D eigenvalue weighted by Gasteiger charge is -2.08. The van der Waals surface area contributed by atoms with Crippen LogP contribution in [0.15, 0.2) is 109 Å². The quantitative estimate of drug-likeness (QED) is 0.344. The Bertz CT molecular complexity index is 606. The summed E-state index contributed by atoms with van der Waals surface area (Å²) in [4.78, 5) is 0. The summed E-state index contributed by atoms with van der Waals surface area (Å²) in [6.07, 6.45) is 8.04. The molecule has 0 fully saturated rings. The van der Waals surface area contributed by atoms with Crippen LogP contribution in [0.4, 0.5) is 8.78 Å². The van der Waals surface area contributed by atoms with E-state index in [4.69, 9.17) is 0 Å². The second-order valence-corrected chi connectivity index (χ2v) is 5.33. The zero-order chi connectivity index (χ0) is 20.9. The van der Waals surface area contributed by atoms with Crippen LogP contribution in [0, 0.1) is 0 Å². The third kappa shape index (κ3) is 9.12. The maximum atomic E-state index is 14.3. The van der Waals surface area contributed by atoms with Gasteiger partial charge in [0.05, 0.1) is 0 Å². The van der Waals surface area contributed by atoms with Crippen LogP contribution in [-0.2, 0) is 0 Å². The molecule has 142 valence electrons. The second kappa shape index (κ2) is 13.8. The van der Waals surface area contributed by atoms with Crippen molar-refractivity contribution in [2.45, 2.75) is 40.5 Å². The van der Waals surface area contributed by atoms with E-state index in [1.165, 1.54) is 0 Å². The molecule has 0 aliphatic carbocycles. The lowest BCUT2D eigenvalue weighted by atomic mass is 10.0. The van der Waals surface area contributed by atoms with Gasteiger partial charge in [-0.25, -0.2) is 8.78 Å². The Kier molecular flexibility index (Phi) is 13.6. The topological polar surface area (TPSA) is 0 Å². The van der Waals surface area contributed by atoms with Gasteiger partial charge in [0.2, 0.25) is 0 Å². The smallest absolute Gasteiger partial charge is 0.166 e. The number of hydrogen-bond acceptors (Lipinski definition) is 0. The van der Waals surface area contributed by atoms with Crippen molar-refractivity contribution in [3.63, 3.8) is 0 Å². The fourth-order valence-corrected chi connectivity index (χ4v) is 1.42. The molecule has 0 heterocycles. The summed E-state index contributed by atoms with van der Waals surface area (Å²) >= 11 is 0. The molecule has 0 radical (unpaired) electrons. The van der Waals surface area contributed by atoms with Gasteiger partial charge in [0.15, 0.2) is 11.7 Å². The minimum atomic E-state index is -1.10. The molecule has 0 atom stereocenters. The molecular formula is C24H32F2. The van der Waals surface area contributed by atoms with Crippen LogP contribution in [0.2, 0.25) is 0 Å². The zero-order valence-corrected chi connectivity index (χ0v) is 16.7. The van der Waals surface area contributed by atoms with E-state index in [9.17, 15) is 8.78 Å². The molecule has 0 rings (SSSR count). The Morgan fingerprint density at radius 1 is 0.615 bits per heavy atom. The number of allylic oxidation sites excluding steroid dienone is 12. The van der Waals surface area contributed by atoms with Gasteiger partial charge < -0.3 is 0 Å². The summed E-state index contributed by atoms with van der Waals surface area (Å²) in [5.41, 5.74) is 1.98. The minimum Gasteiger partial charge on any atom is -0.203 e. The van der Waals surface area contributed by atoms with Crippen LogP contribution in [0.25, 0.3) is 0 Å². The molecule has 0 N–H and O–H groups in total. The van der Waals surface area contributed by atoms with Crippen LogP contribution in [0.1, 0.15) is 40.5 Å². The number of halogens is 2. The van der Waals surface area contributed by atoms with Crippen LogP contribution < -0.4 is 0 Å². The van der Waals surface area contributed by atoms with Crippen LogP contribution in [0.5, 0.6) is 0 Å². The Morgan fingerprint density at radius 3 is 1.12 bits per heavy atom. The molecule has 0 bridgehead atoms. The number of rotatable bonds is 10. The highest BCUT2D eigenvalue weighted by molar-refractivity contribution is 5.55. The Labute approximate surface area is 158 Å². The van der Waals surface area contributed by atoms with Gasteiger partial charge in [-0.15, -0.1) is 0 Å². The third-order valence-electron chi connectivity index (χ3n) is 3.45. The summed E-state index contributed by atoms with van der Waals surface area (Å²) in [7, 11) is 0. The van der Waals surface area contributed by atoms with Gasteiger partial charge in [-0.1, -0.05) is 103 Å². The largest absolute Gasteiger partial charge is 0.203 e. The zero-order valence-electron chi connectivity index (χ0n) is 16.7. The van der Waals surface area contributed by atoms with Gasteiger partial charge in [0.1, 0.15) is 0 Å². The standard InChI is InChI=1S/C22H26F2.C2H6/c1-9-15(3)11-13-17(5)19(7)21(23)22(24)20(8)18(6)14-12-16(4)10-2;1-2/h11-14H,3-10H2,1-2H3;1-2H3/b13-11-,14-12-,22-21-;. The molecule has 0 aromatic rings. The Morgan fingerprint density at radius 2 is 0.885 bits per heavy atom. The van der Waals surface area contributed by atoms with E-state index in [2.05, 4.69) is 39.5 Å². The van der Waals surface area contributed by atoms with Crippen molar-refractivity contribution in [1.82, 2.24) is 0 Å². The Hall–Kier alpha value is -2.48. The van der Waals surface area contributed by atoms with Crippen molar-refractivity contribution >= 4 is 0 Å². The van der Waals surface area contributed by atoms with Crippen molar-refractivity contribution in [2.75, 3.05) is 0 Å². The van der Waals surface area contributed by atoms with Gasteiger partial charge in [-0.2, -0.15) is 0 Å². The van der Waals surface area contributed by atoms with E-state index in [1.807, 2.05) is 27.7 Å². The molecule has 0 spiro atoms. The molecule has 0 nitrogen and oxygen atoms in total. The van der Waals surface area contributed by atoms with Crippen LogP contribution in [-0.4, -0.2) is 0 Å². The summed E-state index contributed by atoms with van der Waals surface area (Å²) in [5.74, 6) is -2.19. The Balaban J connectivity index is 0. The highest BCUT2D eigenvalue weighted by Crippen LogP contribution is 2.29. The van der Waals surface area contributed by atoms with E-state index in [0.717, 1.165) is 24.0 Å². The summed E-state index contributed by atoms with van der Waals surface area (Å²) in [6, 6.07) is 0. The first kappa shape index (κ1) is 25.8. The van der Waals surface area contributed by atoms with Crippen molar-refractivity contribution < 1.29 is 8.78 Å². The normalized spacial score (nSPS) is 11.5. The van der Waals surface area contributed by atoms with E-state index in [1.54, 1.807) is 24.3 Å². The average molecular weight is 359 g/mol. The predicted molar refractivity (Wildman–Crippen MR) is 114 cm³/mol.